The van der Waals surface area contributed by atoms with Gasteiger partial charge in [-0.05, 0) is 24.3 Å². The van der Waals surface area contributed by atoms with Crippen LogP contribution in [0.4, 0.5) is 0 Å². The number of aromatic nitrogens is 3. The molecule has 4 rings (SSSR count). The van der Waals surface area contributed by atoms with Gasteiger partial charge >= 0.3 is 6.01 Å². The highest BCUT2D eigenvalue weighted by Gasteiger charge is 2.13. The van der Waals surface area contributed by atoms with Crippen LogP contribution in [0, 0.1) is 0 Å². The lowest BCUT2D eigenvalue weighted by molar-refractivity contribution is 0.535. The molecule has 20 heavy (non-hydrogen) atoms. The minimum Gasteiger partial charge on any atom is -0.463 e. The predicted octanol–water partition coefficient (Wildman–Crippen LogP) is 2.57. The highest BCUT2D eigenvalue weighted by molar-refractivity contribution is 5.73. The molecule has 6 heteroatoms. The molecule has 0 amide bonds. The highest BCUT2D eigenvalue weighted by Crippen LogP contribution is 2.19. The van der Waals surface area contributed by atoms with Crippen molar-refractivity contribution in [2.24, 2.45) is 0 Å². The van der Waals surface area contributed by atoms with E-state index in [1.165, 1.54) is 10.7 Å². The van der Waals surface area contributed by atoms with E-state index in [4.69, 9.17) is 8.83 Å². The Morgan fingerprint density at radius 3 is 2.85 bits per heavy atom. The van der Waals surface area contributed by atoms with Crippen LogP contribution in [-0.2, 0) is 0 Å². The van der Waals surface area contributed by atoms with Crippen molar-refractivity contribution in [1.29, 1.82) is 0 Å². The molecule has 3 heterocycles. The Morgan fingerprint density at radius 1 is 1.15 bits per heavy atom. The van der Waals surface area contributed by atoms with Gasteiger partial charge in [0.2, 0.25) is 0 Å². The number of H-pyrrole nitrogens is 1. The fourth-order valence-corrected chi connectivity index (χ4v) is 2.05. The molecule has 98 valence electrons. The van der Waals surface area contributed by atoms with Gasteiger partial charge in [0.1, 0.15) is 11.2 Å². The second-order valence-corrected chi connectivity index (χ2v) is 4.28. The summed E-state index contributed by atoms with van der Waals surface area (Å²) in [6, 6.07) is 12.5. The summed E-state index contributed by atoms with van der Waals surface area (Å²) in [6.07, 6.45) is 1.55. The number of nitrogens with zero attached hydrogens (tertiary/aromatic N) is 2. The summed E-state index contributed by atoms with van der Waals surface area (Å²) >= 11 is 0. The van der Waals surface area contributed by atoms with Gasteiger partial charge in [-0.25, -0.2) is 0 Å². The van der Waals surface area contributed by atoms with E-state index in [9.17, 15) is 4.79 Å². The van der Waals surface area contributed by atoms with Crippen molar-refractivity contribution in [1.82, 2.24) is 14.8 Å². The molecule has 0 aliphatic heterocycles. The first kappa shape index (κ1) is 10.9. The molecular weight excluding hydrogens is 258 g/mol. The van der Waals surface area contributed by atoms with E-state index < -0.39 is 0 Å². The maximum atomic E-state index is 12.0. The smallest absolute Gasteiger partial charge is 0.325 e. The first-order valence-corrected chi connectivity index (χ1v) is 6.03. The third-order valence-electron chi connectivity index (χ3n) is 2.98. The molecule has 0 radical (unpaired) electrons. The van der Waals surface area contributed by atoms with Gasteiger partial charge < -0.3 is 8.83 Å². The van der Waals surface area contributed by atoms with Crippen LogP contribution in [0.5, 0.6) is 0 Å². The third kappa shape index (κ3) is 1.58. The van der Waals surface area contributed by atoms with Gasteiger partial charge in [-0.2, -0.15) is 9.67 Å². The van der Waals surface area contributed by atoms with Crippen molar-refractivity contribution in [3.8, 4) is 17.5 Å². The average molecular weight is 267 g/mol. The number of furan rings is 1. The number of para-hydroxylation sites is 2. The third-order valence-corrected chi connectivity index (χ3v) is 2.98. The van der Waals surface area contributed by atoms with Crippen molar-refractivity contribution in [2.75, 3.05) is 0 Å². The molecule has 0 aliphatic carbocycles. The van der Waals surface area contributed by atoms with Crippen LogP contribution in [-0.4, -0.2) is 14.8 Å². The van der Waals surface area contributed by atoms with Crippen LogP contribution >= 0.6 is 0 Å². The van der Waals surface area contributed by atoms with E-state index in [2.05, 4.69) is 10.1 Å². The molecule has 0 aliphatic rings. The zero-order valence-corrected chi connectivity index (χ0v) is 10.2. The molecule has 0 bridgehead atoms. The lowest BCUT2D eigenvalue weighted by Crippen LogP contribution is -2.13. The minimum atomic E-state index is -0.261. The molecule has 3 aromatic heterocycles. The summed E-state index contributed by atoms with van der Waals surface area (Å²) in [7, 11) is 0. The number of nitrogens with one attached hydrogen (secondary N) is 1. The van der Waals surface area contributed by atoms with Gasteiger partial charge in [0.25, 0.3) is 5.56 Å². The standard InChI is InChI=1S/C14H9N3O3/c18-13-8-10(11-6-3-7-19-11)16-17(13)14-15-9-4-1-2-5-12(9)20-14/h1-8,16H. The van der Waals surface area contributed by atoms with Crippen molar-refractivity contribution in [2.45, 2.75) is 0 Å². The topological polar surface area (TPSA) is 77.0 Å². The van der Waals surface area contributed by atoms with E-state index in [0.717, 1.165) is 0 Å². The summed E-state index contributed by atoms with van der Waals surface area (Å²) in [5.74, 6) is 0.581. The largest absolute Gasteiger partial charge is 0.463 e. The predicted molar refractivity (Wildman–Crippen MR) is 71.7 cm³/mol. The maximum absolute atomic E-state index is 12.0. The number of hydrogen-bond donors (Lipinski definition) is 1. The van der Waals surface area contributed by atoms with Crippen molar-refractivity contribution >= 4 is 11.1 Å². The molecule has 0 saturated carbocycles. The van der Waals surface area contributed by atoms with Gasteiger partial charge in [0, 0.05) is 6.07 Å². The first-order valence-electron chi connectivity index (χ1n) is 6.03. The number of oxazole rings is 1. The molecule has 4 aromatic rings. The van der Waals surface area contributed by atoms with Crippen molar-refractivity contribution < 1.29 is 8.83 Å². The Labute approximate surface area is 112 Å². The quantitative estimate of drug-likeness (QED) is 0.605. The minimum absolute atomic E-state index is 0.203. The van der Waals surface area contributed by atoms with Crippen molar-refractivity contribution in [3.05, 3.63) is 59.1 Å². The first-order chi connectivity index (χ1) is 9.81. The van der Waals surface area contributed by atoms with Gasteiger partial charge in [-0.3, -0.25) is 9.89 Å². The van der Waals surface area contributed by atoms with E-state index in [1.54, 1.807) is 24.5 Å². The summed E-state index contributed by atoms with van der Waals surface area (Å²) < 4.78 is 12.1. The number of rotatable bonds is 2. The Balaban J connectivity index is 1.88. The highest BCUT2D eigenvalue weighted by atomic mass is 16.4. The van der Waals surface area contributed by atoms with Gasteiger partial charge in [0.05, 0.1) is 6.26 Å². The van der Waals surface area contributed by atoms with Gasteiger partial charge in [-0.15, -0.1) is 0 Å². The number of hydrogen-bond acceptors (Lipinski definition) is 4. The maximum Gasteiger partial charge on any atom is 0.325 e. The second kappa shape index (κ2) is 3.99. The second-order valence-electron chi connectivity index (χ2n) is 4.28. The molecule has 6 nitrogen and oxygen atoms in total. The number of aromatic amines is 1. The lowest BCUT2D eigenvalue weighted by atomic mass is 10.3. The Kier molecular flexibility index (Phi) is 2.17. The zero-order chi connectivity index (χ0) is 13.5. The zero-order valence-electron chi connectivity index (χ0n) is 10.2. The Hall–Kier alpha value is -3.02. The Morgan fingerprint density at radius 2 is 2.05 bits per heavy atom. The molecule has 1 N–H and O–H groups in total. The van der Waals surface area contributed by atoms with Gasteiger partial charge in [-0.1, -0.05) is 12.1 Å². The van der Waals surface area contributed by atoms with E-state index >= 15 is 0 Å². The molecule has 0 atom stereocenters. The van der Waals surface area contributed by atoms with Crippen LogP contribution in [0.3, 0.4) is 0 Å². The van der Waals surface area contributed by atoms with Crippen LogP contribution in [0.25, 0.3) is 28.6 Å². The van der Waals surface area contributed by atoms with Crippen LogP contribution in [0.2, 0.25) is 0 Å². The van der Waals surface area contributed by atoms with Crippen LogP contribution in [0.15, 0.2) is 62.4 Å². The van der Waals surface area contributed by atoms with E-state index in [0.29, 0.717) is 22.6 Å². The monoisotopic (exact) mass is 267 g/mol. The summed E-state index contributed by atoms with van der Waals surface area (Å²) in [5.41, 5.74) is 1.64. The van der Waals surface area contributed by atoms with E-state index in [-0.39, 0.29) is 11.6 Å². The molecular formula is C14H9N3O3. The average Bonchev–Trinajstić information content (AvgIpc) is 3.16. The van der Waals surface area contributed by atoms with E-state index in [1.807, 2.05) is 18.2 Å². The molecule has 0 saturated heterocycles. The summed E-state index contributed by atoms with van der Waals surface area (Å²) in [6.45, 7) is 0. The fraction of sp³-hybridized carbons (Fsp3) is 0. The number of fused-ring (bicyclic) bond motifs is 1. The van der Waals surface area contributed by atoms with Crippen LogP contribution in [0.1, 0.15) is 0 Å². The molecule has 0 fully saturated rings. The fourth-order valence-electron chi connectivity index (χ4n) is 2.05. The summed E-state index contributed by atoms with van der Waals surface area (Å²) in [5, 5.41) is 2.92. The lowest BCUT2D eigenvalue weighted by Gasteiger charge is -1.93. The van der Waals surface area contributed by atoms with Crippen LogP contribution < -0.4 is 5.56 Å². The van der Waals surface area contributed by atoms with Crippen molar-refractivity contribution in [3.63, 3.8) is 0 Å². The number of benzene rings is 1. The van der Waals surface area contributed by atoms with Gasteiger partial charge in [0.15, 0.2) is 11.3 Å². The molecule has 0 spiro atoms. The molecule has 1 aromatic carbocycles. The Bertz CT molecular complexity index is 895. The normalized spacial score (nSPS) is 11.2. The molecule has 0 unspecified atom stereocenters. The SMILES string of the molecule is O=c1cc(-c2ccco2)[nH]n1-c1nc2ccccc2o1. The summed E-state index contributed by atoms with van der Waals surface area (Å²) in [4.78, 5) is 16.3.